The molecule has 0 fully saturated rings. The number of anilines is 1. The molecule has 1 aromatic rings. The van der Waals surface area contributed by atoms with Crippen LogP contribution >= 0.6 is 0 Å². The Kier molecular flexibility index (Phi) is 2.15. The zero-order valence-corrected chi connectivity index (χ0v) is 8.24. The highest BCUT2D eigenvalue weighted by molar-refractivity contribution is 5.95. The fraction of sp³-hybridized carbons (Fsp3) is 0.300. The predicted molar refractivity (Wildman–Crippen MR) is 54.8 cm³/mol. The van der Waals surface area contributed by atoms with Gasteiger partial charge in [0.2, 0.25) is 5.91 Å². The number of hydrogen-bond acceptors (Lipinski definition) is 3. The van der Waals surface area contributed by atoms with Gasteiger partial charge in [0.1, 0.15) is 0 Å². The van der Waals surface area contributed by atoms with Crippen LogP contribution in [0.15, 0.2) is 12.1 Å². The number of benzene rings is 1. The van der Waals surface area contributed by atoms with E-state index in [0.717, 1.165) is 16.8 Å². The quantitative estimate of drug-likeness (QED) is 0.562. The van der Waals surface area contributed by atoms with Gasteiger partial charge in [-0.2, -0.15) is 0 Å². The van der Waals surface area contributed by atoms with E-state index in [1.807, 2.05) is 0 Å². The number of amides is 1. The zero-order chi connectivity index (χ0) is 11.0. The molecule has 0 radical (unpaired) electrons. The molecule has 0 saturated carbocycles. The summed E-state index contributed by atoms with van der Waals surface area (Å²) >= 11 is 0. The van der Waals surface area contributed by atoms with Crippen LogP contribution in [0, 0.1) is 17.0 Å². The molecule has 0 aliphatic carbocycles. The van der Waals surface area contributed by atoms with Crippen LogP contribution < -0.4 is 5.32 Å². The van der Waals surface area contributed by atoms with E-state index >= 15 is 0 Å². The number of nitrogens with zero attached hydrogens (tertiary/aromatic N) is 1. The minimum absolute atomic E-state index is 0.0283. The lowest BCUT2D eigenvalue weighted by molar-refractivity contribution is -0.384. The molecule has 1 amide bonds. The Bertz CT molecular complexity index is 454. The van der Waals surface area contributed by atoms with E-state index in [9.17, 15) is 14.9 Å². The molecule has 1 aliphatic rings. The van der Waals surface area contributed by atoms with Crippen LogP contribution in [0.5, 0.6) is 0 Å². The number of rotatable bonds is 1. The minimum Gasteiger partial charge on any atom is -0.326 e. The van der Waals surface area contributed by atoms with Gasteiger partial charge in [-0.05, 0) is 24.5 Å². The first-order valence-electron chi connectivity index (χ1n) is 4.65. The van der Waals surface area contributed by atoms with Crippen LogP contribution in [0.3, 0.4) is 0 Å². The van der Waals surface area contributed by atoms with Crippen LogP contribution in [0.2, 0.25) is 0 Å². The van der Waals surface area contributed by atoms with E-state index < -0.39 is 4.92 Å². The smallest absolute Gasteiger partial charge is 0.270 e. The molecule has 2 rings (SSSR count). The van der Waals surface area contributed by atoms with Gasteiger partial charge in [0.15, 0.2) is 0 Å². The summed E-state index contributed by atoms with van der Waals surface area (Å²) in [5.41, 5.74) is 2.41. The van der Waals surface area contributed by atoms with Gasteiger partial charge in [0, 0.05) is 24.2 Å². The number of carbonyl (C=O) groups excluding carboxylic acids is 1. The van der Waals surface area contributed by atoms with Crippen molar-refractivity contribution in [2.75, 3.05) is 5.32 Å². The Balaban J connectivity index is 2.52. The summed E-state index contributed by atoms with van der Waals surface area (Å²) in [4.78, 5) is 21.4. The first-order valence-corrected chi connectivity index (χ1v) is 4.65. The third-order valence-electron chi connectivity index (χ3n) is 2.50. The van der Waals surface area contributed by atoms with E-state index in [4.69, 9.17) is 0 Å². The Morgan fingerprint density at radius 2 is 2.13 bits per heavy atom. The normalized spacial score (nSPS) is 14.3. The van der Waals surface area contributed by atoms with Crippen LogP contribution in [-0.4, -0.2) is 10.8 Å². The largest absolute Gasteiger partial charge is 0.326 e. The van der Waals surface area contributed by atoms with Crippen molar-refractivity contribution in [2.45, 2.75) is 19.8 Å². The van der Waals surface area contributed by atoms with Gasteiger partial charge in [0.25, 0.3) is 5.69 Å². The summed E-state index contributed by atoms with van der Waals surface area (Å²) in [7, 11) is 0. The lowest BCUT2D eigenvalue weighted by atomic mass is 9.99. The number of nitrogens with one attached hydrogen (secondary N) is 1. The standard InChI is InChI=1S/C10H10N2O3/c1-6-4-8(12(14)15)5-7-2-3-9(13)11-10(6)7/h4-5H,2-3H2,1H3,(H,11,13). The highest BCUT2D eigenvalue weighted by Gasteiger charge is 2.20. The maximum absolute atomic E-state index is 11.2. The molecule has 5 heteroatoms. The predicted octanol–water partition coefficient (Wildman–Crippen LogP) is 1.79. The van der Waals surface area contributed by atoms with Gasteiger partial charge in [-0.3, -0.25) is 14.9 Å². The summed E-state index contributed by atoms with van der Waals surface area (Å²) in [5.74, 6) is -0.0283. The van der Waals surface area contributed by atoms with E-state index in [0.29, 0.717) is 12.8 Å². The van der Waals surface area contributed by atoms with Crippen molar-refractivity contribution in [2.24, 2.45) is 0 Å². The first kappa shape index (κ1) is 9.64. The number of fused-ring (bicyclic) bond motifs is 1. The van der Waals surface area contributed by atoms with Gasteiger partial charge >= 0.3 is 0 Å². The lowest BCUT2D eigenvalue weighted by Gasteiger charge is -2.18. The Morgan fingerprint density at radius 3 is 2.80 bits per heavy atom. The Hall–Kier alpha value is -1.91. The average Bonchev–Trinajstić information content (AvgIpc) is 2.18. The summed E-state index contributed by atoms with van der Waals surface area (Å²) in [6, 6.07) is 3.01. The number of nitro groups is 1. The molecular formula is C10H10N2O3. The van der Waals surface area contributed by atoms with E-state index in [-0.39, 0.29) is 11.6 Å². The Morgan fingerprint density at radius 1 is 1.40 bits per heavy atom. The second-order valence-corrected chi connectivity index (χ2v) is 3.60. The monoisotopic (exact) mass is 206 g/mol. The van der Waals surface area contributed by atoms with Crippen molar-refractivity contribution < 1.29 is 9.72 Å². The molecule has 1 heterocycles. The summed E-state index contributed by atoms with van der Waals surface area (Å²) in [6.07, 6.45) is 0.970. The second-order valence-electron chi connectivity index (χ2n) is 3.60. The molecule has 0 atom stereocenters. The molecule has 15 heavy (non-hydrogen) atoms. The topological polar surface area (TPSA) is 72.2 Å². The Labute approximate surface area is 86.2 Å². The lowest BCUT2D eigenvalue weighted by Crippen LogP contribution is -2.20. The average molecular weight is 206 g/mol. The van der Waals surface area contributed by atoms with E-state index in [1.54, 1.807) is 6.92 Å². The van der Waals surface area contributed by atoms with Crippen molar-refractivity contribution in [3.63, 3.8) is 0 Å². The number of carbonyl (C=O) groups is 1. The summed E-state index contributed by atoms with van der Waals surface area (Å²) < 4.78 is 0. The molecule has 1 aliphatic heterocycles. The zero-order valence-electron chi connectivity index (χ0n) is 8.24. The maximum atomic E-state index is 11.2. The van der Waals surface area contributed by atoms with Crippen LogP contribution in [0.1, 0.15) is 17.5 Å². The van der Waals surface area contributed by atoms with Crippen molar-refractivity contribution in [3.8, 4) is 0 Å². The molecule has 0 saturated heterocycles. The minimum atomic E-state index is -0.413. The fourth-order valence-corrected chi connectivity index (χ4v) is 1.77. The SMILES string of the molecule is Cc1cc([N+](=O)[O-])cc2c1NC(=O)CC2. The van der Waals surface area contributed by atoms with Crippen LogP contribution in [0.25, 0.3) is 0 Å². The summed E-state index contributed by atoms with van der Waals surface area (Å²) in [5, 5.41) is 13.4. The highest BCUT2D eigenvalue weighted by atomic mass is 16.6. The number of aryl methyl sites for hydroxylation is 2. The van der Waals surface area contributed by atoms with Crippen molar-refractivity contribution >= 4 is 17.3 Å². The van der Waals surface area contributed by atoms with Gasteiger partial charge in [0.05, 0.1) is 4.92 Å². The van der Waals surface area contributed by atoms with Crippen molar-refractivity contribution in [3.05, 3.63) is 33.4 Å². The molecule has 1 N–H and O–H groups in total. The fourth-order valence-electron chi connectivity index (χ4n) is 1.77. The van der Waals surface area contributed by atoms with Crippen LogP contribution in [-0.2, 0) is 11.2 Å². The van der Waals surface area contributed by atoms with E-state index in [2.05, 4.69) is 5.32 Å². The molecular weight excluding hydrogens is 196 g/mol. The maximum Gasteiger partial charge on any atom is 0.270 e. The van der Waals surface area contributed by atoms with Gasteiger partial charge in [-0.1, -0.05) is 0 Å². The molecule has 78 valence electrons. The number of hydrogen-bond donors (Lipinski definition) is 1. The molecule has 5 nitrogen and oxygen atoms in total. The number of nitro benzene ring substituents is 1. The summed E-state index contributed by atoms with van der Waals surface area (Å²) in [6.45, 7) is 1.76. The molecule has 0 aromatic heterocycles. The molecule has 0 bridgehead atoms. The first-order chi connectivity index (χ1) is 7.08. The van der Waals surface area contributed by atoms with Gasteiger partial charge < -0.3 is 5.32 Å². The van der Waals surface area contributed by atoms with E-state index in [1.165, 1.54) is 12.1 Å². The van der Waals surface area contributed by atoms with Crippen molar-refractivity contribution in [1.29, 1.82) is 0 Å². The highest BCUT2D eigenvalue weighted by Crippen LogP contribution is 2.30. The van der Waals surface area contributed by atoms with Gasteiger partial charge in [-0.25, -0.2) is 0 Å². The third-order valence-corrected chi connectivity index (χ3v) is 2.50. The second kappa shape index (κ2) is 3.34. The van der Waals surface area contributed by atoms with Crippen LogP contribution in [0.4, 0.5) is 11.4 Å². The number of non-ortho nitro benzene ring substituents is 1. The van der Waals surface area contributed by atoms with Crippen molar-refractivity contribution in [1.82, 2.24) is 0 Å². The molecule has 0 unspecified atom stereocenters. The third kappa shape index (κ3) is 1.68. The molecule has 0 spiro atoms. The van der Waals surface area contributed by atoms with Gasteiger partial charge in [-0.15, -0.1) is 0 Å². The molecule has 1 aromatic carbocycles.